The summed E-state index contributed by atoms with van der Waals surface area (Å²) in [6, 6.07) is 0. The van der Waals surface area contributed by atoms with Crippen LogP contribution in [-0.2, 0) is 13.7 Å². The minimum Gasteiger partial charge on any atom is -0.408 e. The number of hydrogen-bond donors (Lipinski definition) is 4. The van der Waals surface area contributed by atoms with E-state index in [2.05, 4.69) is 48.8 Å². The molecule has 4 N–H and O–H groups in total. The van der Waals surface area contributed by atoms with Crippen molar-refractivity contribution in [3.63, 3.8) is 0 Å². The number of nitrogens with zero attached hydrogens (tertiary/aromatic N) is 3. The van der Waals surface area contributed by atoms with E-state index in [1.165, 1.54) is 10.9 Å². The zero-order valence-electron chi connectivity index (χ0n) is 19.2. The molecule has 4 rings (SSSR count). The number of nitrogen functional groups attached to an aromatic ring is 1. The normalized spacial score (nSPS) is 28.1. The minimum atomic E-state index is -2.25. The molecule has 0 aliphatic carbocycles. The Bertz CT molecular complexity index is 1070. The number of anilines is 1. The van der Waals surface area contributed by atoms with Gasteiger partial charge in [-0.05, 0) is 18.1 Å². The summed E-state index contributed by atoms with van der Waals surface area (Å²) in [4.78, 5) is 23.0. The van der Waals surface area contributed by atoms with Crippen LogP contribution in [0.15, 0.2) is 11.1 Å². The van der Waals surface area contributed by atoms with Gasteiger partial charge in [0.25, 0.3) is 5.56 Å². The molecule has 4 atom stereocenters. The van der Waals surface area contributed by atoms with E-state index in [0.717, 1.165) is 11.5 Å². The van der Waals surface area contributed by atoms with Crippen LogP contribution < -0.4 is 11.3 Å². The number of nitrogens with one attached hydrogen (secondary N) is 1. The smallest absolute Gasteiger partial charge is 0.280 e. The lowest BCUT2D eigenvalue weighted by molar-refractivity contribution is -0.0456. The summed E-state index contributed by atoms with van der Waals surface area (Å²) in [5.41, 5.74) is 5.66. The third-order valence-electron chi connectivity index (χ3n) is 6.27. The fourth-order valence-corrected chi connectivity index (χ4v) is 13.8. The van der Waals surface area contributed by atoms with Crippen molar-refractivity contribution in [2.24, 2.45) is 0 Å². The van der Waals surface area contributed by atoms with E-state index in [-0.39, 0.29) is 28.8 Å². The molecule has 0 aromatic carbocycles. The van der Waals surface area contributed by atoms with Gasteiger partial charge < -0.3 is 24.5 Å². The molecule has 2 fully saturated rings. The molecule has 10 nitrogen and oxygen atoms in total. The van der Waals surface area contributed by atoms with Crippen LogP contribution >= 0.6 is 40.1 Å². The number of rotatable bonds is 6. The van der Waals surface area contributed by atoms with Crippen molar-refractivity contribution in [3.8, 4) is 0 Å². The van der Waals surface area contributed by atoms with Crippen LogP contribution in [0.2, 0.25) is 18.1 Å². The summed E-state index contributed by atoms with van der Waals surface area (Å²) in [7, 11) is -2.25. The third-order valence-corrected chi connectivity index (χ3v) is 20.9. The number of hydrogen-bond acceptors (Lipinski definition) is 11. The first-order valence-electron chi connectivity index (χ1n) is 10.6. The monoisotopic (exact) mass is 552 g/mol. The summed E-state index contributed by atoms with van der Waals surface area (Å²) in [6.45, 7) is 10.9. The Hall–Kier alpha value is -0.313. The highest BCUT2D eigenvalue weighted by atomic mass is 33.4. The molecule has 15 heteroatoms. The van der Waals surface area contributed by atoms with Gasteiger partial charge in [0.1, 0.15) is 23.4 Å². The number of ether oxygens (including phenoxy) is 1. The maximum atomic E-state index is 12.2. The van der Waals surface area contributed by atoms with E-state index in [0.29, 0.717) is 0 Å². The van der Waals surface area contributed by atoms with E-state index in [1.807, 2.05) is 0 Å². The molecule has 33 heavy (non-hydrogen) atoms. The average Bonchev–Trinajstić information content (AvgIpc) is 3.39. The number of nitrogens with two attached hydrogens (primary N) is 1. The summed E-state index contributed by atoms with van der Waals surface area (Å²) in [6.07, 6.45) is -1.59. The Labute approximate surface area is 207 Å². The Morgan fingerprint density at radius 1 is 1.42 bits per heavy atom. The van der Waals surface area contributed by atoms with Gasteiger partial charge in [-0.15, -0.1) is 12.2 Å². The lowest BCUT2D eigenvalue weighted by atomic mass is 10.1. The number of H-pyrrole nitrogens is 1. The highest BCUT2D eigenvalue weighted by Gasteiger charge is 2.51. The van der Waals surface area contributed by atoms with Crippen molar-refractivity contribution in [2.75, 3.05) is 23.8 Å². The predicted octanol–water partition coefficient (Wildman–Crippen LogP) is 3.45. The van der Waals surface area contributed by atoms with Gasteiger partial charge in [-0.3, -0.25) is 14.3 Å². The topological polar surface area (TPSA) is 138 Å². The van der Waals surface area contributed by atoms with Gasteiger partial charge in [0.2, 0.25) is 5.95 Å². The quantitative estimate of drug-likeness (QED) is 0.239. The van der Waals surface area contributed by atoms with Gasteiger partial charge in [0.05, 0.1) is 12.9 Å². The molecule has 185 valence electrons. The zero-order valence-corrected chi connectivity index (χ0v) is 23.6. The van der Waals surface area contributed by atoms with E-state index in [9.17, 15) is 9.90 Å². The highest BCUT2D eigenvalue weighted by Crippen LogP contribution is 2.87. The second-order valence-electron chi connectivity index (χ2n) is 9.60. The number of thiol groups is 1. The van der Waals surface area contributed by atoms with E-state index < -0.39 is 43.5 Å². The number of aromatic nitrogens is 4. The summed E-state index contributed by atoms with van der Waals surface area (Å²) in [5.74, 6) is 1.98. The molecule has 1 radical (unpaired) electrons. The summed E-state index contributed by atoms with van der Waals surface area (Å²) in [5, 5.41) is 9.41. The molecule has 2 aliphatic heterocycles. The fraction of sp³-hybridized carbons (Fsp3) is 0.722. The van der Waals surface area contributed by atoms with Crippen LogP contribution in [0.5, 0.6) is 0 Å². The van der Waals surface area contributed by atoms with Crippen molar-refractivity contribution in [2.45, 2.75) is 63.4 Å². The number of aromatic amines is 1. The number of aliphatic hydroxyl groups is 1. The van der Waals surface area contributed by atoms with Crippen molar-refractivity contribution in [1.82, 2.24) is 19.5 Å². The van der Waals surface area contributed by atoms with E-state index in [1.54, 1.807) is 22.8 Å². The maximum Gasteiger partial charge on any atom is 0.280 e. The first kappa shape index (κ1) is 25.8. The van der Waals surface area contributed by atoms with Gasteiger partial charge >= 0.3 is 0 Å². The van der Waals surface area contributed by atoms with Gasteiger partial charge in [-0.2, -0.15) is 4.98 Å². The first-order valence-corrected chi connectivity index (χ1v) is 19.6. The molecule has 0 amide bonds. The standard InChI is InChI=1S/C18H31N5O5PS3Si/c1-18(2,3)33(4,5)28-13-10(8-26-29(30)31-6-7-32-29)27-16(12(13)24)23-9-20-11-14(23)21-17(19)22-15(11)25/h9-10,12-13,16,24,30H,6-8H2,1-5H3,(H3,19,21,22,25)/t10-,12-,13-,16-/m1/s1. The molecule has 2 aromatic heterocycles. The van der Waals surface area contributed by atoms with E-state index in [4.69, 9.17) is 31.7 Å². The van der Waals surface area contributed by atoms with Gasteiger partial charge in [0.15, 0.2) is 25.7 Å². The van der Waals surface area contributed by atoms with Crippen LogP contribution in [0.3, 0.4) is 0 Å². The van der Waals surface area contributed by atoms with Crippen LogP contribution in [0.4, 0.5) is 5.95 Å². The summed E-state index contributed by atoms with van der Waals surface area (Å²) < 4.78 is 20.7. The lowest BCUT2D eigenvalue weighted by Gasteiger charge is -2.40. The Morgan fingerprint density at radius 2 is 2.09 bits per heavy atom. The Kier molecular flexibility index (Phi) is 7.25. The van der Waals surface area contributed by atoms with E-state index >= 15 is 0 Å². The number of fused-ring (bicyclic) bond motifs is 1. The van der Waals surface area contributed by atoms with Gasteiger partial charge in [-0.1, -0.05) is 43.5 Å². The van der Waals surface area contributed by atoms with Crippen LogP contribution in [0.25, 0.3) is 11.2 Å². The minimum absolute atomic E-state index is 0.0345. The molecular formula is C18H31N5O5PS3Si. The van der Waals surface area contributed by atoms with Gasteiger partial charge in [0, 0.05) is 11.5 Å². The van der Waals surface area contributed by atoms with Crippen molar-refractivity contribution >= 4 is 65.5 Å². The molecule has 0 unspecified atom stereocenters. The zero-order chi connectivity index (χ0) is 24.2. The average molecular weight is 553 g/mol. The maximum absolute atomic E-state index is 12.2. The van der Waals surface area contributed by atoms with Crippen molar-refractivity contribution in [1.29, 1.82) is 0 Å². The molecule has 4 heterocycles. The molecule has 0 bridgehead atoms. The second-order valence-corrected chi connectivity index (χ2v) is 25.5. The third kappa shape index (κ3) is 5.14. The summed E-state index contributed by atoms with van der Waals surface area (Å²) >= 11 is 8.26. The second kappa shape index (κ2) is 9.29. The Balaban J connectivity index is 1.65. The molecule has 0 spiro atoms. The first-order chi connectivity index (χ1) is 15.3. The largest absolute Gasteiger partial charge is 0.408 e. The predicted molar refractivity (Wildman–Crippen MR) is 141 cm³/mol. The van der Waals surface area contributed by atoms with Crippen LogP contribution in [-0.4, -0.2) is 69.4 Å². The molecule has 0 saturated carbocycles. The lowest BCUT2D eigenvalue weighted by Crippen LogP contribution is -2.49. The van der Waals surface area contributed by atoms with Crippen molar-refractivity contribution in [3.05, 3.63) is 16.7 Å². The fourth-order valence-electron chi connectivity index (χ4n) is 3.46. The van der Waals surface area contributed by atoms with Crippen LogP contribution in [0.1, 0.15) is 27.0 Å². The van der Waals surface area contributed by atoms with Crippen molar-refractivity contribution < 1.29 is 18.8 Å². The molecule has 2 aromatic rings. The van der Waals surface area contributed by atoms with Crippen LogP contribution in [0, 0.1) is 0 Å². The SMILES string of the molecule is CC(C)(C)[Si](C)(C)O[C@H]1[C@@H](O)[C@H](n2cnc3c(=O)[nH]c(N)nc32)O[C@@H]1CO[P]1(S)SCCS1. The molecule has 2 saturated heterocycles. The Morgan fingerprint density at radius 3 is 2.73 bits per heavy atom. The number of imidazole rings is 1. The molecular weight excluding hydrogens is 521 g/mol. The highest BCUT2D eigenvalue weighted by molar-refractivity contribution is 9.15. The van der Waals surface area contributed by atoms with Gasteiger partial charge in [-0.25, -0.2) is 4.98 Å². The number of aliphatic hydroxyl groups excluding tert-OH is 1. The molecule has 2 aliphatic rings.